The fraction of sp³-hybridized carbons (Fsp3) is 0.500. The molecule has 0 spiro atoms. The van der Waals surface area contributed by atoms with Crippen LogP contribution in [0, 0.1) is 5.82 Å². The summed E-state index contributed by atoms with van der Waals surface area (Å²) in [6, 6.07) is 3.22. The van der Waals surface area contributed by atoms with Crippen molar-refractivity contribution in [3.8, 4) is 5.75 Å². The largest absolute Gasteiger partial charge is 0.432 e. The van der Waals surface area contributed by atoms with E-state index in [4.69, 9.17) is 0 Å². The van der Waals surface area contributed by atoms with E-state index < -0.39 is 23.8 Å². The molecule has 18 heavy (non-hydrogen) atoms. The first kappa shape index (κ1) is 14.6. The number of rotatable bonds is 5. The molecule has 1 aromatic carbocycles. The summed E-state index contributed by atoms with van der Waals surface area (Å²) in [4.78, 5) is 0. The number of ether oxygens (including phenoxy) is 1. The second kappa shape index (κ2) is 5.48. The normalized spacial score (nSPS) is 13.6. The highest BCUT2D eigenvalue weighted by Crippen LogP contribution is 2.24. The number of aliphatic hydroxyl groups is 1. The predicted octanol–water partition coefficient (Wildman–Crippen LogP) is 3.00. The number of nitrogens with one attached hydrogen (secondary N) is 1. The third-order valence-corrected chi connectivity index (χ3v) is 2.59. The van der Waals surface area contributed by atoms with Gasteiger partial charge in [-0.25, -0.2) is 4.39 Å². The number of halogens is 3. The summed E-state index contributed by atoms with van der Waals surface area (Å²) in [6.45, 7) is 1.88. The minimum absolute atomic E-state index is 0.334. The maximum atomic E-state index is 13.4. The summed E-state index contributed by atoms with van der Waals surface area (Å²) < 4.78 is 41.2. The molecule has 1 aromatic rings. The Kier molecular flexibility index (Phi) is 4.45. The molecular weight excluding hydrogens is 247 g/mol. The van der Waals surface area contributed by atoms with E-state index in [0.717, 1.165) is 12.1 Å². The van der Waals surface area contributed by atoms with Crippen LogP contribution in [0.2, 0.25) is 0 Å². The molecule has 0 amide bonds. The molecule has 1 atom stereocenters. The molecule has 0 aliphatic rings. The number of benzene rings is 1. The third kappa shape index (κ3) is 4.10. The van der Waals surface area contributed by atoms with Crippen LogP contribution < -0.4 is 10.1 Å². The lowest BCUT2D eigenvalue weighted by molar-refractivity contribution is -0.0521. The van der Waals surface area contributed by atoms with Crippen LogP contribution in [0.3, 0.4) is 0 Å². The molecule has 102 valence electrons. The average molecular weight is 263 g/mol. The van der Waals surface area contributed by atoms with Gasteiger partial charge in [-0.2, -0.15) is 8.78 Å². The van der Waals surface area contributed by atoms with Crippen LogP contribution in [0.25, 0.3) is 0 Å². The van der Waals surface area contributed by atoms with Gasteiger partial charge in [-0.05, 0) is 32.9 Å². The van der Waals surface area contributed by atoms with Crippen LogP contribution in [0.4, 0.5) is 18.9 Å². The molecule has 3 nitrogen and oxygen atoms in total. The van der Waals surface area contributed by atoms with E-state index in [2.05, 4.69) is 10.1 Å². The minimum Gasteiger partial charge on any atom is -0.432 e. The predicted molar refractivity (Wildman–Crippen MR) is 62.4 cm³/mol. The second-order valence-electron chi connectivity index (χ2n) is 4.54. The first-order chi connectivity index (χ1) is 8.20. The van der Waals surface area contributed by atoms with E-state index in [0.29, 0.717) is 5.69 Å². The van der Waals surface area contributed by atoms with Gasteiger partial charge < -0.3 is 15.2 Å². The van der Waals surface area contributed by atoms with Crippen LogP contribution in [0.15, 0.2) is 18.2 Å². The number of alkyl halides is 2. The summed E-state index contributed by atoms with van der Waals surface area (Å²) in [5.74, 6) is -1.39. The standard InChI is InChI=1S/C12H16F3NO2/c1-7(12(2,3)17)16-8-4-5-10(9(13)6-8)18-11(14)15/h4-7,11,16-17H,1-3H3. The average Bonchev–Trinajstić information content (AvgIpc) is 2.20. The van der Waals surface area contributed by atoms with Gasteiger partial charge in [-0.3, -0.25) is 0 Å². The second-order valence-corrected chi connectivity index (χ2v) is 4.54. The van der Waals surface area contributed by atoms with E-state index in [-0.39, 0.29) is 6.04 Å². The fourth-order valence-corrected chi connectivity index (χ4v) is 1.21. The van der Waals surface area contributed by atoms with Crippen LogP contribution in [-0.4, -0.2) is 23.4 Å². The first-order valence-corrected chi connectivity index (χ1v) is 5.43. The van der Waals surface area contributed by atoms with Gasteiger partial charge in [0.2, 0.25) is 0 Å². The summed E-state index contributed by atoms with van der Waals surface area (Å²) in [5.41, 5.74) is -0.613. The molecule has 1 rings (SSSR count). The highest BCUT2D eigenvalue weighted by atomic mass is 19.3. The van der Waals surface area contributed by atoms with E-state index in [1.807, 2.05) is 0 Å². The van der Waals surface area contributed by atoms with Crippen LogP contribution in [-0.2, 0) is 0 Å². The summed E-state index contributed by atoms with van der Waals surface area (Å²) in [5, 5.41) is 12.6. The van der Waals surface area contributed by atoms with Gasteiger partial charge in [0.25, 0.3) is 0 Å². The zero-order chi connectivity index (χ0) is 13.9. The lowest BCUT2D eigenvalue weighted by Gasteiger charge is -2.27. The number of hydrogen-bond acceptors (Lipinski definition) is 3. The molecule has 0 aliphatic carbocycles. The molecule has 0 aromatic heterocycles. The quantitative estimate of drug-likeness (QED) is 0.858. The van der Waals surface area contributed by atoms with Crippen LogP contribution in [0.5, 0.6) is 5.75 Å². The molecule has 2 N–H and O–H groups in total. The zero-order valence-electron chi connectivity index (χ0n) is 10.4. The maximum Gasteiger partial charge on any atom is 0.387 e. The first-order valence-electron chi connectivity index (χ1n) is 5.43. The van der Waals surface area contributed by atoms with E-state index >= 15 is 0 Å². The van der Waals surface area contributed by atoms with Crippen molar-refractivity contribution in [1.29, 1.82) is 0 Å². The van der Waals surface area contributed by atoms with Crippen molar-refractivity contribution in [2.75, 3.05) is 5.32 Å². The van der Waals surface area contributed by atoms with Crippen molar-refractivity contribution in [2.24, 2.45) is 0 Å². The summed E-state index contributed by atoms with van der Waals surface area (Å²) >= 11 is 0. The van der Waals surface area contributed by atoms with Gasteiger partial charge in [-0.1, -0.05) is 0 Å². The Morgan fingerprint density at radius 3 is 2.39 bits per heavy atom. The molecule has 0 aliphatic heterocycles. The molecule has 0 bridgehead atoms. The van der Waals surface area contributed by atoms with Gasteiger partial charge in [-0.15, -0.1) is 0 Å². The Morgan fingerprint density at radius 1 is 1.33 bits per heavy atom. The van der Waals surface area contributed by atoms with Crippen molar-refractivity contribution < 1.29 is 23.0 Å². The lowest BCUT2D eigenvalue weighted by atomic mass is 10.0. The smallest absolute Gasteiger partial charge is 0.387 e. The fourth-order valence-electron chi connectivity index (χ4n) is 1.21. The molecule has 0 fully saturated rings. The van der Waals surface area contributed by atoms with Gasteiger partial charge in [0.15, 0.2) is 11.6 Å². The van der Waals surface area contributed by atoms with Gasteiger partial charge in [0, 0.05) is 11.8 Å². The van der Waals surface area contributed by atoms with Gasteiger partial charge in [0.1, 0.15) is 0 Å². The summed E-state index contributed by atoms with van der Waals surface area (Å²) in [7, 11) is 0. The third-order valence-electron chi connectivity index (χ3n) is 2.59. The van der Waals surface area contributed by atoms with Gasteiger partial charge >= 0.3 is 6.61 Å². The van der Waals surface area contributed by atoms with E-state index in [9.17, 15) is 18.3 Å². The molecule has 0 heterocycles. The Bertz CT molecular complexity index is 405. The maximum absolute atomic E-state index is 13.4. The van der Waals surface area contributed by atoms with E-state index in [1.165, 1.54) is 6.07 Å². The summed E-state index contributed by atoms with van der Waals surface area (Å²) in [6.07, 6.45) is 0. The Labute approximate surface area is 104 Å². The van der Waals surface area contributed by atoms with Crippen LogP contribution >= 0.6 is 0 Å². The molecule has 0 saturated heterocycles. The SMILES string of the molecule is CC(Nc1ccc(OC(F)F)c(F)c1)C(C)(C)O. The highest BCUT2D eigenvalue weighted by molar-refractivity contribution is 5.48. The van der Waals surface area contributed by atoms with Crippen molar-refractivity contribution in [3.05, 3.63) is 24.0 Å². The van der Waals surface area contributed by atoms with E-state index in [1.54, 1.807) is 20.8 Å². The van der Waals surface area contributed by atoms with Crippen molar-refractivity contribution in [3.63, 3.8) is 0 Å². The van der Waals surface area contributed by atoms with Crippen molar-refractivity contribution in [2.45, 2.75) is 39.0 Å². The lowest BCUT2D eigenvalue weighted by Crippen LogP contribution is -2.39. The Hall–Kier alpha value is -1.43. The Morgan fingerprint density at radius 2 is 1.94 bits per heavy atom. The number of hydrogen-bond donors (Lipinski definition) is 2. The van der Waals surface area contributed by atoms with Crippen LogP contribution in [0.1, 0.15) is 20.8 Å². The minimum atomic E-state index is -3.06. The van der Waals surface area contributed by atoms with Gasteiger partial charge in [0.05, 0.1) is 11.6 Å². The molecule has 6 heteroatoms. The van der Waals surface area contributed by atoms with Crippen molar-refractivity contribution >= 4 is 5.69 Å². The molecule has 0 radical (unpaired) electrons. The topological polar surface area (TPSA) is 41.5 Å². The monoisotopic (exact) mass is 263 g/mol. The Balaban J connectivity index is 2.79. The highest BCUT2D eigenvalue weighted by Gasteiger charge is 2.22. The molecule has 0 saturated carbocycles. The molecule has 1 unspecified atom stereocenters. The number of anilines is 1. The van der Waals surface area contributed by atoms with Crippen molar-refractivity contribution in [1.82, 2.24) is 0 Å². The zero-order valence-corrected chi connectivity index (χ0v) is 10.4. The molecular formula is C12H16F3NO2.